The van der Waals surface area contributed by atoms with Crippen molar-refractivity contribution in [3.8, 4) is 0 Å². The molecule has 4 nitrogen and oxygen atoms in total. The van der Waals surface area contributed by atoms with Gasteiger partial charge in [0.15, 0.2) is 9.84 Å². The lowest BCUT2D eigenvalue weighted by Crippen LogP contribution is -2.49. The van der Waals surface area contributed by atoms with Crippen LogP contribution >= 0.6 is 15.9 Å². The second kappa shape index (κ2) is 6.18. The Labute approximate surface area is 112 Å². The van der Waals surface area contributed by atoms with E-state index in [0.717, 1.165) is 37.3 Å². The minimum absolute atomic E-state index is 0.238. The molecular weight excluding hydrogens is 306 g/mol. The molecule has 100 valence electrons. The molecule has 0 saturated heterocycles. The van der Waals surface area contributed by atoms with Crippen molar-refractivity contribution in [2.75, 3.05) is 18.1 Å². The van der Waals surface area contributed by atoms with E-state index >= 15 is 0 Å². The first-order valence-electron chi connectivity index (χ1n) is 5.93. The van der Waals surface area contributed by atoms with Gasteiger partial charge in [0.2, 0.25) is 5.91 Å². The van der Waals surface area contributed by atoms with Gasteiger partial charge in [-0.05, 0) is 32.6 Å². The third-order valence-electron chi connectivity index (χ3n) is 3.32. The Morgan fingerprint density at radius 2 is 2.06 bits per heavy atom. The Kier molecular flexibility index (Phi) is 5.44. The van der Waals surface area contributed by atoms with E-state index in [1.54, 1.807) is 4.90 Å². The van der Waals surface area contributed by atoms with E-state index in [-0.39, 0.29) is 11.9 Å². The van der Waals surface area contributed by atoms with Crippen molar-refractivity contribution in [2.45, 2.75) is 43.9 Å². The van der Waals surface area contributed by atoms with Gasteiger partial charge in [0.1, 0.15) is 5.25 Å². The number of halogens is 1. The highest BCUT2D eigenvalue weighted by molar-refractivity contribution is 9.09. The lowest BCUT2D eigenvalue weighted by molar-refractivity contribution is -0.134. The van der Waals surface area contributed by atoms with E-state index in [0.29, 0.717) is 6.54 Å². The summed E-state index contributed by atoms with van der Waals surface area (Å²) in [4.78, 5) is 13.9. The molecule has 0 aromatic rings. The smallest absolute Gasteiger partial charge is 0.240 e. The molecule has 1 amide bonds. The fourth-order valence-corrected chi connectivity index (χ4v) is 2.57. The zero-order chi connectivity index (χ0) is 13.1. The van der Waals surface area contributed by atoms with Crippen LogP contribution in [0.4, 0.5) is 0 Å². The summed E-state index contributed by atoms with van der Waals surface area (Å²) in [5.74, 6) is -0.238. The average molecular weight is 326 g/mol. The minimum atomic E-state index is -3.29. The van der Waals surface area contributed by atoms with Crippen LogP contribution < -0.4 is 0 Å². The van der Waals surface area contributed by atoms with Crippen LogP contribution in [-0.2, 0) is 14.6 Å². The lowest BCUT2D eigenvalue weighted by Gasteiger charge is -2.38. The van der Waals surface area contributed by atoms with Crippen LogP contribution in [0, 0.1) is 0 Å². The van der Waals surface area contributed by atoms with Crippen molar-refractivity contribution in [3.63, 3.8) is 0 Å². The molecule has 0 heterocycles. The quantitative estimate of drug-likeness (QED) is 0.697. The van der Waals surface area contributed by atoms with Crippen molar-refractivity contribution in [2.24, 2.45) is 0 Å². The van der Waals surface area contributed by atoms with E-state index in [1.165, 1.54) is 6.92 Å². The summed E-state index contributed by atoms with van der Waals surface area (Å²) in [7, 11) is -3.29. The molecule has 1 saturated carbocycles. The number of hydrogen-bond donors (Lipinski definition) is 0. The predicted octanol–water partition coefficient (Wildman–Crippen LogP) is 1.59. The Balaban J connectivity index is 2.71. The summed E-state index contributed by atoms with van der Waals surface area (Å²) in [6, 6.07) is 0.255. The standard InChI is InChI=1S/C11H20BrNO3S/c1-9(17(2,15)16)11(14)13(8-4-7-12)10-5-3-6-10/h9-10H,3-8H2,1-2H3. The van der Waals surface area contributed by atoms with Gasteiger partial charge in [0.25, 0.3) is 0 Å². The Bertz CT molecular complexity index is 365. The molecule has 17 heavy (non-hydrogen) atoms. The molecular formula is C11H20BrNO3S. The van der Waals surface area contributed by atoms with Crippen LogP contribution in [0.5, 0.6) is 0 Å². The van der Waals surface area contributed by atoms with Gasteiger partial charge in [0.05, 0.1) is 0 Å². The number of carbonyl (C=O) groups excluding carboxylic acids is 1. The maximum absolute atomic E-state index is 12.2. The van der Waals surface area contributed by atoms with Gasteiger partial charge in [-0.1, -0.05) is 15.9 Å². The molecule has 1 aliphatic rings. The molecule has 0 bridgehead atoms. The van der Waals surface area contributed by atoms with E-state index in [1.807, 2.05) is 0 Å². The summed E-state index contributed by atoms with van der Waals surface area (Å²) < 4.78 is 22.8. The molecule has 1 unspecified atom stereocenters. The molecule has 0 radical (unpaired) electrons. The van der Waals surface area contributed by atoms with E-state index in [4.69, 9.17) is 0 Å². The molecule has 1 fully saturated rings. The van der Waals surface area contributed by atoms with Crippen LogP contribution in [0.3, 0.4) is 0 Å². The zero-order valence-corrected chi connectivity index (χ0v) is 12.8. The van der Waals surface area contributed by atoms with Crippen LogP contribution in [0.15, 0.2) is 0 Å². The normalized spacial score (nSPS) is 18.5. The number of sulfone groups is 1. The fraction of sp³-hybridized carbons (Fsp3) is 0.909. The number of carbonyl (C=O) groups is 1. The van der Waals surface area contributed by atoms with Crippen LogP contribution in [0.1, 0.15) is 32.6 Å². The largest absolute Gasteiger partial charge is 0.339 e. The van der Waals surface area contributed by atoms with Gasteiger partial charge in [-0.3, -0.25) is 4.79 Å². The number of rotatable bonds is 6. The minimum Gasteiger partial charge on any atom is -0.339 e. The van der Waals surface area contributed by atoms with Gasteiger partial charge in [-0.2, -0.15) is 0 Å². The van der Waals surface area contributed by atoms with E-state index < -0.39 is 15.1 Å². The second-order valence-electron chi connectivity index (χ2n) is 4.63. The third kappa shape index (κ3) is 3.95. The third-order valence-corrected chi connectivity index (χ3v) is 5.37. The monoisotopic (exact) mass is 325 g/mol. The van der Waals surface area contributed by atoms with Gasteiger partial charge in [-0.15, -0.1) is 0 Å². The molecule has 1 aliphatic carbocycles. The first-order chi connectivity index (χ1) is 7.88. The highest BCUT2D eigenvalue weighted by Gasteiger charge is 2.34. The summed E-state index contributed by atoms with van der Waals surface area (Å²) in [5.41, 5.74) is 0. The summed E-state index contributed by atoms with van der Waals surface area (Å²) in [6.07, 6.45) is 5.13. The second-order valence-corrected chi connectivity index (χ2v) is 7.79. The van der Waals surface area contributed by atoms with E-state index in [9.17, 15) is 13.2 Å². The van der Waals surface area contributed by atoms with Crippen molar-refractivity contribution < 1.29 is 13.2 Å². The first-order valence-corrected chi connectivity index (χ1v) is 9.01. The highest BCUT2D eigenvalue weighted by Crippen LogP contribution is 2.26. The molecule has 0 aliphatic heterocycles. The zero-order valence-electron chi connectivity index (χ0n) is 10.4. The van der Waals surface area contributed by atoms with Crippen molar-refractivity contribution in [1.29, 1.82) is 0 Å². The molecule has 0 aromatic heterocycles. The van der Waals surface area contributed by atoms with Crippen molar-refractivity contribution >= 4 is 31.7 Å². The molecule has 0 aromatic carbocycles. The van der Waals surface area contributed by atoms with Crippen LogP contribution in [0.25, 0.3) is 0 Å². The first kappa shape index (κ1) is 15.0. The lowest BCUT2D eigenvalue weighted by atomic mass is 9.91. The predicted molar refractivity (Wildman–Crippen MR) is 72.1 cm³/mol. The SMILES string of the molecule is CC(C(=O)N(CCCBr)C1CCC1)S(C)(=O)=O. The number of alkyl halides is 1. The fourth-order valence-electron chi connectivity index (χ4n) is 1.82. The van der Waals surface area contributed by atoms with Crippen LogP contribution in [-0.4, -0.2) is 48.6 Å². The van der Waals surface area contributed by atoms with Crippen LogP contribution in [0.2, 0.25) is 0 Å². The summed E-state index contributed by atoms with van der Waals surface area (Å²) in [6.45, 7) is 2.13. The van der Waals surface area contributed by atoms with Gasteiger partial charge < -0.3 is 4.90 Å². The van der Waals surface area contributed by atoms with Gasteiger partial charge >= 0.3 is 0 Å². The Morgan fingerprint density at radius 3 is 2.41 bits per heavy atom. The topological polar surface area (TPSA) is 54.5 Å². The molecule has 0 N–H and O–H groups in total. The molecule has 0 spiro atoms. The average Bonchev–Trinajstić information content (AvgIpc) is 2.17. The van der Waals surface area contributed by atoms with Crippen molar-refractivity contribution in [3.05, 3.63) is 0 Å². The van der Waals surface area contributed by atoms with Gasteiger partial charge in [0, 0.05) is 24.2 Å². The number of amides is 1. The number of nitrogens with zero attached hydrogens (tertiary/aromatic N) is 1. The summed E-state index contributed by atoms with van der Waals surface area (Å²) >= 11 is 3.34. The Morgan fingerprint density at radius 1 is 1.47 bits per heavy atom. The molecule has 1 atom stereocenters. The van der Waals surface area contributed by atoms with Crippen molar-refractivity contribution in [1.82, 2.24) is 4.90 Å². The highest BCUT2D eigenvalue weighted by atomic mass is 79.9. The number of hydrogen-bond acceptors (Lipinski definition) is 3. The summed E-state index contributed by atoms with van der Waals surface area (Å²) in [5, 5.41) is -0.0880. The Hall–Kier alpha value is -0.100. The molecule has 1 rings (SSSR count). The van der Waals surface area contributed by atoms with Gasteiger partial charge in [-0.25, -0.2) is 8.42 Å². The maximum atomic E-state index is 12.2. The van der Waals surface area contributed by atoms with E-state index in [2.05, 4.69) is 15.9 Å². The maximum Gasteiger partial charge on any atom is 0.240 e. The molecule has 6 heteroatoms.